The Bertz CT molecular complexity index is 318. The summed E-state index contributed by atoms with van der Waals surface area (Å²) in [6.07, 6.45) is 1.64. The maximum Gasteiger partial charge on any atom is 0.316 e. The first-order valence-electron chi connectivity index (χ1n) is 3.58. The van der Waals surface area contributed by atoms with Gasteiger partial charge in [-0.15, -0.1) is 0 Å². The molecule has 0 unspecified atom stereocenters. The predicted octanol–water partition coefficient (Wildman–Crippen LogP) is 2.13. The van der Waals surface area contributed by atoms with Gasteiger partial charge in [0.05, 0.1) is 0 Å². The average molecular weight is 227 g/mol. The van der Waals surface area contributed by atoms with Crippen molar-refractivity contribution in [2.24, 2.45) is 0 Å². The number of halogens is 1. The van der Waals surface area contributed by atoms with Crippen LogP contribution in [-0.2, 0) is 0 Å². The van der Waals surface area contributed by atoms with Crippen LogP contribution in [0.4, 0.5) is 5.82 Å². The summed E-state index contributed by atoms with van der Waals surface area (Å²) in [5, 5.41) is 0. The summed E-state index contributed by atoms with van der Waals surface area (Å²) in [4.78, 5) is 7.88. The lowest BCUT2D eigenvalue weighted by molar-refractivity contribution is 1.30. The van der Waals surface area contributed by atoms with Crippen molar-refractivity contribution in [1.29, 1.82) is 0 Å². The predicted molar refractivity (Wildman–Crippen MR) is 53.2 cm³/mol. The molecular weight excluding hydrogens is 218 g/mol. The van der Waals surface area contributed by atoms with Crippen molar-refractivity contribution < 1.29 is 0 Å². The molecule has 0 saturated carbocycles. The fraction of sp³-hybridized carbons (Fsp3) is 0.250. The van der Waals surface area contributed by atoms with E-state index in [2.05, 4.69) is 31.8 Å². The molecule has 0 bridgehead atoms. The third kappa shape index (κ3) is 1.95. The van der Waals surface area contributed by atoms with Crippen LogP contribution in [0.3, 0.4) is 0 Å². The van der Waals surface area contributed by atoms with Crippen LogP contribution in [0.1, 0.15) is 12.5 Å². The largest absolute Gasteiger partial charge is 0.382 e. The maximum absolute atomic E-state index is 5.60. The van der Waals surface area contributed by atoms with Crippen molar-refractivity contribution in [3.05, 3.63) is 27.1 Å². The zero-order valence-corrected chi connectivity index (χ0v) is 8.30. The van der Waals surface area contributed by atoms with Crippen LogP contribution in [-0.4, -0.2) is 11.5 Å². The molecule has 0 aliphatic rings. The van der Waals surface area contributed by atoms with Gasteiger partial charge in [-0.3, -0.25) is 0 Å². The molecule has 2 N–H and O–H groups in total. The van der Waals surface area contributed by atoms with Crippen molar-refractivity contribution in [3.8, 4) is 6.07 Å². The van der Waals surface area contributed by atoms with Gasteiger partial charge in [-0.1, -0.05) is 4.85 Å². The minimum absolute atomic E-state index is 0.446. The van der Waals surface area contributed by atoms with Crippen molar-refractivity contribution in [2.45, 2.75) is 6.92 Å². The molecule has 12 heavy (non-hydrogen) atoms. The Kier molecular flexibility index (Phi) is 3.06. The van der Waals surface area contributed by atoms with E-state index in [1.54, 1.807) is 6.20 Å². The van der Waals surface area contributed by atoms with E-state index in [-0.39, 0.29) is 0 Å². The molecule has 4 heteroatoms. The number of nitrogen functional groups attached to an aromatic ring is 1. The molecule has 0 amide bonds. The van der Waals surface area contributed by atoms with E-state index in [9.17, 15) is 0 Å². The third-order valence-corrected chi connectivity index (χ3v) is 1.94. The molecule has 0 atom stereocenters. The molecule has 0 spiro atoms. The number of hydrogen-bond donors (Lipinski definition) is 1. The van der Waals surface area contributed by atoms with E-state index >= 15 is 0 Å². The van der Waals surface area contributed by atoms with Gasteiger partial charge in [-0.05, 0) is 22.0 Å². The first kappa shape index (κ1) is 9.01. The molecule has 0 aliphatic heterocycles. The van der Waals surface area contributed by atoms with Crippen LogP contribution in [0.15, 0.2) is 16.7 Å². The number of hydrogen-bond acceptors (Lipinski definition) is 2. The second-order valence-electron chi connectivity index (χ2n) is 2.14. The number of pyridine rings is 1. The molecule has 62 valence electrons. The molecular formula is C8H9BrN3+. The Morgan fingerprint density at radius 1 is 1.75 bits per heavy atom. The molecule has 1 aromatic heterocycles. The zero-order valence-electron chi connectivity index (χ0n) is 6.71. The van der Waals surface area contributed by atoms with E-state index in [1.165, 1.54) is 0 Å². The Morgan fingerprint density at radius 2 is 2.50 bits per heavy atom. The molecule has 0 saturated heterocycles. The van der Waals surface area contributed by atoms with Crippen LogP contribution in [0, 0.1) is 6.07 Å². The van der Waals surface area contributed by atoms with Gasteiger partial charge in [0.1, 0.15) is 5.82 Å². The lowest BCUT2D eigenvalue weighted by Crippen LogP contribution is -1.94. The smallest absolute Gasteiger partial charge is 0.316 e. The van der Waals surface area contributed by atoms with Gasteiger partial charge in [0.15, 0.2) is 5.56 Å². The summed E-state index contributed by atoms with van der Waals surface area (Å²) in [5.41, 5.74) is 6.32. The highest BCUT2D eigenvalue weighted by molar-refractivity contribution is 9.10. The van der Waals surface area contributed by atoms with Gasteiger partial charge in [0, 0.05) is 17.6 Å². The Morgan fingerprint density at radius 3 is 3.08 bits per heavy atom. The van der Waals surface area contributed by atoms with Gasteiger partial charge in [0.2, 0.25) is 0 Å². The van der Waals surface area contributed by atoms with Crippen molar-refractivity contribution in [3.63, 3.8) is 0 Å². The fourth-order valence-electron chi connectivity index (χ4n) is 0.722. The van der Waals surface area contributed by atoms with E-state index in [0.717, 1.165) is 10.0 Å². The molecule has 1 aromatic rings. The minimum atomic E-state index is 0.446. The Labute approximate surface area is 79.6 Å². The lowest BCUT2D eigenvalue weighted by Gasteiger charge is -1.93. The maximum atomic E-state index is 5.60. The van der Waals surface area contributed by atoms with Crippen LogP contribution in [0.25, 0.3) is 4.85 Å². The summed E-state index contributed by atoms with van der Waals surface area (Å²) in [6, 6.07) is 4.63. The molecule has 0 radical (unpaired) electrons. The number of nitrogens with two attached hydrogens (primary N) is 1. The number of aromatic nitrogens is 1. The van der Waals surface area contributed by atoms with Crippen molar-refractivity contribution in [1.82, 2.24) is 4.98 Å². The van der Waals surface area contributed by atoms with Gasteiger partial charge in [-0.2, -0.15) is 0 Å². The van der Waals surface area contributed by atoms with Crippen LogP contribution in [0.2, 0.25) is 0 Å². The van der Waals surface area contributed by atoms with Gasteiger partial charge < -0.3 is 5.73 Å². The standard InChI is InChI=1S/C8H8BrN3/c1-2-11-5-6-7(9)3-4-12-8(6)10/h3-4,10H,2H2,1H3/p+1. The van der Waals surface area contributed by atoms with E-state index < -0.39 is 0 Å². The van der Waals surface area contributed by atoms with Gasteiger partial charge in [0.25, 0.3) is 6.54 Å². The first-order chi connectivity index (χ1) is 5.75. The van der Waals surface area contributed by atoms with E-state index in [4.69, 9.17) is 5.73 Å². The zero-order chi connectivity index (χ0) is 8.97. The minimum Gasteiger partial charge on any atom is -0.382 e. The normalized spacial score (nSPS) is 8.83. The number of anilines is 1. The summed E-state index contributed by atoms with van der Waals surface area (Å²) in [7, 11) is 0. The second-order valence-corrected chi connectivity index (χ2v) is 2.99. The Balaban J connectivity index is 3.13. The third-order valence-electron chi connectivity index (χ3n) is 1.28. The first-order valence-corrected chi connectivity index (χ1v) is 4.37. The monoisotopic (exact) mass is 226 g/mol. The topological polar surface area (TPSA) is 43.3 Å². The average Bonchev–Trinajstić information content (AvgIpc) is 2.04. The molecule has 0 aromatic carbocycles. The van der Waals surface area contributed by atoms with Gasteiger partial charge >= 0.3 is 6.07 Å². The molecule has 1 rings (SSSR count). The highest BCUT2D eigenvalue weighted by Crippen LogP contribution is 2.18. The molecule has 0 aliphatic carbocycles. The van der Waals surface area contributed by atoms with Crippen LogP contribution < -0.4 is 5.73 Å². The summed E-state index contributed by atoms with van der Waals surface area (Å²) >= 11 is 3.33. The van der Waals surface area contributed by atoms with Crippen LogP contribution >= 0.6 is 15.9 Å². The molecule has 0 fully saturated rings. The fourth-order valence-corrected chi connectivity index (χ4v) is 1.13. The number of nitrogens with zero attached hydrogens (tertiary/aromatic N) is 2. The lowest BCUT2D eigenvalue weighted by atomic mass is 10.3. The van der Waals surface area contributed by atoms with Gasteiger partial charge in [-0.25, -0.2) is 4.98 Å². The summed E-state index contributed by atoms with van der Waals surface area (Å²) in [6.45, 7) is 2.63. The SMILES string of the molecule is CC[N+]#Cc1c(Br)ccnc1N. The Hall–Kier alpha value is -1.08. The highest BCUT2D eigenvalue weighted by atomic mass is 79.9. The van der Waals surface area contributed by atoms with Crippen molar-refractivity contribution >= 4 is 21.7 Å². The van der Waals surface area contributed by atoms with E-state index in [0.29, 0.717) is 12.4 Å². The number of rotatable bonds is 0. The summed E-state index contributed by atoms with van der Waals surface area (Å²) < 4.78 is 0.868. The highest BCUT2D eigenvalue weighted by Gasteiger charge is 2.06. The summed E-state index contributed by atoms with van der Waals surface area (Å²) in [5.74, 6) is 0.446. The quantitative estimate of drug-likeness (QED) is 0.737. The molecule has 1 heterocycles. The van der Waals surface area contributed by atoms with E-state index in [1.807, 2.05) is 13.0 Å². The van der Waals surface area contributed by atoms with Crippen LogP contribution in [0.5, 0.6) is 0 Å². The van der Waals surface area contributed by atoms with Crippen molar-refractivity contribution in [2.75, 3.05) is 12.3 Å². The second kappa shape index (κ2) is 4.07. The molecule has 3 nitrogen and oxygen atoms in total.